The fraction of sp³-hybridized carbons (Fsp3) is 0.250. The molecule has 3 aromatic rings. The van der Waals surface area contributed by atoms with Crippen molar-refractivity contribution < 1.29 is 79.6 Å². The Labute approximate surface area is 266 Å². The molecule has 264 valence electrons. The van der Waals surface area contributed by atoms with Crippen molar-refractivity contribution in [2.75, 3.05) is 0 Å². The highest BCUT2D eigenvalue weighted by atomic mass is 32.2. The Kier molecular flexibility index (Phi) is 11.8. The second-order valence-electron chi connectivity index (χ2n) is 9.34. The van der Waals surface area contributed by atoms with Crippen LogP contribution in [0.5, 0.6) is 5.75 Å². The maximum Gasteiger partial charge on any atom is 0.460 e. The molecule has 3 aromatic carbocycles. The molecule has 0 fully saturated rings. The summed E-state index contributed by atoms with van der Waals surface area (Å²) < 4.78 is 194. The molecule has 5 nitrogen and oxygen atoms in total. The summed E-state index contributed by atoms with van der Waals surface area (Å²) in [6.07, 6.45) is -7.61. The third-order valence-corrected chi connectivity index (χ3v) is 8.91. The van der Waals surface area contributed by atoms with Crippen LogP contribution in [0, 0.1) is 0 Å². The van der Waals surface area contributed by atoms with Gasteiger partial charge in [-0.3, -0.25) is 0 Å². The lowest BCUT2D eigenvalue weighted by Crippen LogP contribution is -2.71. The van der Waals surface area contributed by atoms with Crippen molar-refractivity contribution in [1.29, 1.82) is 0 Å². The number of esters is 1. The average Bonchev–Trinajstić information content (AvgIpc) is 2.98. The van der Waals surface area contributed by atoms with E-state index in [9.17, 15) is 74.8 Å². The second-order valence-corrected chi connectivity index (χ2v) is 12.8. The molecular weight excluding hydrogens is 727 g/mol. The van der Waals surface area contributed by atoms with Crippen LogP contribution in [0.4, 0.5) is 57.1 Å². The second kappa shape index (κ2) is 14.0. The van der Waals surface area contributed by atoms with Gasteiger partial charge in [-0.1, -0.05) is 43.0 Å². The molecule has 0 aliphatic carbocycles. The van der Waals surface area contributed by atoms with Crippen LogP contribution < -0.4 is 4.74 Å². The summed E-state index contributed by atoms with van der Waals surface area (Å²) >= 11 is 0. The Hall–Kier alpha value is -3.78. The summed E-state index contributed by atoms with van der Waals surface area (Å²) in [5, 5.41) is -7.63. The average molecular weight is 747 g/mol. The predicted octanol–water partition coefficient (Wildman–Crippen LogP) is 8.49. The first-order chi connectivity index (χ1) is 21.6. The van der Waals surface area contributed by atoms with Gasteiger partial charge in [0.15, 0.2) is 24.8 Å². The summed E-state index contributed by atoms with van der Waals surface area (Å²) in [4.78, 5) is 15.3. The molecule has 0 heterocycles. The molecule has 0 aromatic heterocycles. The highest BCUT2D eigenvalue weighted by Crippen LogP contribution is 2.60. The fourth-order valence-electron chi connectivity index (χ4n) is 3.27. The number of hydrogen-bond donors (Lipinski definition) is 0. The first kappa shape index (κ1) is 40.4. The van der Waals surface area contributed by atoms with Gasteiger partial charge in [-0.25, -0.2) is 13.2 Å². The van der Waals surface area contributed by atoms with Gasteiger partial charge in [-0.2, -0.15) is 57.1 Å². The summed E-state index contributed by atoms with van der Waals surface area (Å²) in [5.41, 5.74) is 0.386. The van der Waals surface area contributed by atoms with Crippen LogP contribution in [0.3, 0.4) is 0 Å². The van der Waals surface area contributed by atoms with Crippen LogP contribution in [0.15, 0.2) is 112 Å². The van der Waals surface area contributed by atoms with E-state index < -0.39 is 51.2 Å². The van der Waals surface area contributed by atoms with E-state index in [1.54, 1.807) is 6.92 Å². The number of benzene rings is 3. The summed E-state index contributed by atoms with van der Waals surface area (Å²) in [7, 11) is -8.06. The van der Waals surface area contributed by atoms with Crippen molar-refractivity contribution in [2.24, 2.45) is 0 Å². The number of halogens is 13. The van der Waals surface area contributed by atoms with Gasteiger partial charge in [0, 0.05) is 5.57 Å². The molecule has 0 N–H and O–H groups in total. The monoisotopic (exact) mass is 746 g/mol. The van der Waals surface area contributed by atoms with Gasteiger partial charge in [0.2, 0.25) is 0 Å². The van der Waals surface area contributed by atoms with Gasteiger partial charge in [0.1, 0.15) is 5.75 Å². The molecule has 0 aliphatic heterocycles. The SMILES string of the molecule is C=C(C)C(=O)Oc1ccc([S+](c2ccccc2)c2ccccc2)cc1.O=S(=O)([O-])C(F)(F)C(F)(F)C(F)(F)C(F)(F)C(F)(F)C(F)(F)F. The lowest BCUT2D eigenvalue weighted by Gasteiger charge is -2.39. The molecule has 20 heteroatoms. The van der Waals surface area contributed by atoms with Crippen molar-refractivity contribution in [1.82, 2.24) is 0 Å². The number of carbonyl (C=O) groups excluding carboxylic acids is 1. The van der Waals surface area contributed by atoms with E-state index in [2.05, 4.69) is 55.1 Å². The quantitative estimate of drug-likeness (QED) is 0.0519. The van der Waals surface area contributed by atoms with E-state index in [1.165, 1.54) is 14.7 Å². The van der Waals surface area contributed by atoms with Crippen LogP contribution in [-0.2, 0) is 25.8 Å². The Bertz CT molecular complexity index is 1640. The molecule has 0 aliphatic rings. The first-order valence-electron chi connectivity index (χ1n) is 12.4. The van der Waals surface area contributed by atoms with Gasteiger partial charge in [0.25, 0.3) is 0 Å². The van der Waals surface area contributed by atoms with Gasteiger partial charge < -0.3 is 9.29 Å². The van der Waals surface area contributed by atoms with Crippen molar-refractivity contribution in [3.05, 3.63) is 97.1 Å². The molecule has 0 unspecified atom stereocenters. The normalized spacial score (nSPS) is 13.4. The highest BCUT2D eigenvalue weighted by Gasteiger charge is 2.91. The zero-order valence-corrected chi connectivity index (χ0v) is 25.2. The molecule has 0 amide bonds. The van der Waals surface area contributed by atoms with Gasteiger partial charge >= 0.3 is 41.1 Å². The smallest absolute Gasteiger partial charge is 0.460 e. The minimum atomic E-state index is -8.29. The van der Waals surface area contributed by atoms with Crippen molar-refractivity contribution in [3.8, 4) is 5.75 Å². The zero-order valence-electron chi connectivity index (χ0n) is 23.6. The first-order valence-corrected chi connectivity index (χ1v) is 15.0. The van der Waals surface area contributed by atoms with Crippen LogP contribution in [0.25, 0.3) is 0 Å². The number of carbonyl (C=O) groups is 1. The lowest BCUT2D eigenvalue weighted by atomic mass is 9.98. The van der Waals surface area contributed by atoms with Crippen molar-refractivity contribution in [3.63, 3.8) is 0 Å². The third-order valence-electron chi connectivity index (χ3n) is 5.79. The number of rotatable bonds is 10. The molecule has 0 saturated heterocycles. The van der Waals surface area contributed by atoms with E-state index in [0.29, 0.717) is 11.3 Å². The maximum atomic E-state index is 12.7. The molecule has 0 atom stereocenters. The Morgan fingerprint density at radius 2 is 0.979 bits per heavy atom. The lowest BCUT2D eigenvalue weighted by molar-refractivity contribution is -0.433. The van der Waals surface area contributed by atoms with Crippen LogP contribution in [-0.4, -0.2) is 54.1 Å². The largest absolute Gasteiger partial charge is 0.743 e. The summed E-state index contributed by atoms with van der Waals surface area (Å²) in [5.74, 6) is -32.5. The Balaban J connectivity index is 0.000000335. The van der Waals surface area contributed by atoms with E-state index in [0.717, 1.165) is 0 Å². The standard InChI is InChI=1S/C22H19O2S.C6HF13O3S/c1-17(2)22(23)24-18-13-15-21(16-14-18)25(19-9-5-3-6-10-19)20-11-7-4-8-12-20;7-1(8,3(11,12)5(15,16)17)2(9,10)4(13,14)6(18,19)23(20,21)22/h3-16H,1H2,2H3;(H,20,21,22)/q+1;/p-1. The fourth-order valence-corrected chi connectivity index (χ4v) is 5.80. The molecule has 0 bridgehead atoms. The highest BCUT2D eigenvalue weighted by molar-refractivity contribution is 7.97. The molecule has 0 saturated carbocycles. The Morgan fingerprint density at radius 1 is 0.625 bits per heavy atom. The van der Waals surface area contributed by atoms with E-state index in [1.807, 2.05) is 36.4 Å². The van der Waals surface area contributed by atoms with E-state index in [4.69, 9.17) is 4.74 Å². The Morgan fingerprint density at radius 3 is 1.31 bits per heavy atom. The van der Waals surface area contributed by atoms with Gasteiger partial charge in [0.05, 0.1) is 10.9 Å². The van der Waals surface area contributed by atoms with Crippen LogP contribution in [0.1, 0.15) is 6.92 Å². The van der Waals surface area contributed by atoms with Gasteiger partial charge in [-0.15, -0.1) is 0 Å². The molecule has 0 spiro atoms. The maximum absolute atomic E-state index is 12.7. The number of alkyl halides is 13. The minimum absolute atomic E-state index is 0.202. The van der Waals surface area contributed by atoms with Gasteiger partial charge in [-0.05, 0) is 55.5 Å². The minimum Gasteiger partial charge on any atom is -0.743 e. The number of ether oxygens (including phenoxy) is 1. The van der Waals surface area contributed by atoms with E-state index >= 15 is 0 Å². The molecule has 48 heavy (non-hydrogen) atoms. The summed E-state index contributed by atoms with van der Waals surface area (Å²) in [6, 6.07) is 28.6. The summed E-state index contributed by atoms with van der Waals surface area (Å²) in [6.45, 7) is 5.24. The topological polar surface area (TPSA) is 83.5 Å². The molecule has 3 rings (SSSR count). The molecule has 0 radical (unpaired) electrons. The van der Waals surface area contributed by atoms with Crippen molar-refractivity contribution in [2.45, 2.75) is 56.7 Å². The third kappa shape index (κ3) is 7.75. The van der Waals surface area contributed by atoms with Crippen molar-refractivity contribution >= 4 is 27.0 Å². The number of hydrogen-bond acceptors (Lipinski definition) is 5. The zero-order chi connectivity index (χ0) is 37.1. The predicted molar refractivity (Wildman–Crippen MR) is 142 cm³/mol. The van der Waals surface area contributed by atoms with E-state index in [-0.39, 0.29) is 10.9 Å². The molecular formula is C28H19F13O5S2. The van der Waals surface area contributed by atoms with Crippen LogP contribution in [0.2, 0.25) is 0 Å². The van der Waals surface area contributed by atoms with Crippen LogP contribution >= 0.6 is 0 Å².